The van der Waals surface area contributed by atoms with Gasteiger partial charge in [-0.2, -0.15) is 0 Å². The number of phenols is 1. The van der Waals surface area contributed by atoms with Crippen LogP contribution in [0.4, 0.5) is 0 Å². The van der Waals surface area contributed by atoms with Crippen LogP contribution in [-0.4, -0.2) is 16.2 Å². The minimum atomic E-state index is -0.977. The molecule has 0 unspecified atom stereocenters. The molecule has 4 heteroatoms. The highest BCUT2D eigenvalue weighted by atomic mass is 35.5. The van der Waals surface area contributed by atoms with Gasteiger partial charge >= 0.3 is 5.97 Å². The van der Waals surface area contributed by atoms with Crippen LogP contribution in [0.25, 0.3) is 17.2 Å². The molecule has 0 aromatic heterocycles. The maximum atomic E-state index is 10.4. The van der Waals surface area contributed by atoms with Crippen molar-refractivity contribution < 1.29 is 15.0 Å². The van der Waals surface area contributed by atoms with Crippen molar-refractivity contribution in [3.8, 4) is 16.9 Å². The van der Waals surface area contributed by atoms with Gasteiger partial charge in [-0.3, -0.25) is 0 Å². The first-order valence-corrected chi connectivity index (χ1v) is 5.94. The van der Waals surface area contributed by atoms with E-state index in [1.165, 1.54) is 12.1 Å². The first kappa shape index (κ1) is 13.2. The smallest absolute Gasteiger partial charge is 0.328 e. The molecule has 0 aliphatic heterocycles. The highest BCUT2D eigenvalue weighted by molar-refractivity contribution is 6.32. The van der Waals surface area contributed by atoms with Crippen LogP contribution in [0, 0.1) is 0 Å². The maximum absolute atomic E-state index is 10.4. The van der Waals surface area contributed by atoms with E-state index in [9.17, 15) is 9.90 Å². The van der Waals surface area contributed by atoms with Gasteiger partial charge in [-0.15, -0.1) is 0 Å². The molecule has 0 fully saturated rings. The molecular weight excluding hydrogens is 264 g/mol. The largest absolute Gasteiger partial charge is 0.506 e. The molecule has 0 amide bonds. The van der Waals surface area contributed by atoms with Crippen molar-refractivity contribution in [2.24, 2.45) is 0 Å². The van der Waals surface area contributed by atoms with E-state index in [4.69, 9.17) is 16.7 Å². The third-order valence-electron chi connectivity index (χ3n) is 2.61. The molecule has 0 radical (unpaired) electrons. The summed E-state index contributed by atoms with van der Waals surface area (Å²) in [6.07, 6.45) is 2.61. The quantitative estimate of drug-likeness (QED) is 0.837. The van der Waals surface area contributed by atoms with Gasteiger partial charge in [0.2, 0.25) is 0 Å². The highest BCUT2D eigenvalue weighted by Crippen LogP contribution is 2.29. The topological polar surface area (TPSA) is 57.5 Å². The van der Waals surface area contributed by atoms with Crippen molar-refractivity contribution in [3.05, 3.63) is 59.1 Å². The fourth-order valence-corrected chi connectivity index (χ4v) is 1.82. The van der Waals surface area contributed by atoms with Crippen LogP contribution in [0.5, 0.6) is 5.75 Å². The first-order valence-electron chi connectivity index (χ1n) is 5.56. The molecule has 2 aromatic carbocycles. The van der Waals surface area contributed by atoms with Crippen molar-refractivity contribution in [3.63, 3.8) is 0 Å². The number of aliphatic carboxylic acids is 1. The molecule has 0 aliphatic rings. The molecule has 2 N–H and O–H groups in total. The van der Waals surface area contributed by atoms with Crippen molar-refractivity contribution in [2.45, 2.75) is 0 Å². The monoisotopic (exact) mass is 274 g/mol. The Morgan fingerprint density at radius 3 is 2.26 bits per heavy atom. The van der Waals surface area contributed by atoms with Crippen molar-refractivity contribution >= 4 is 23.6 Å². The van der Waals surface area contributed by atoms with Crippen LogP contribution < -0.4 is 0 Å². The average Bonchev–Trinajstić information content (AvgIpc) is 2.40. The lowest BCUT2D eigenvalue weighted by molar-refractivity contribution is -0.131. The van der Waals surface area contributed by atoms with Crippen molar-refractivity contribution in [1.82, 2.24) is 0 Å². The average molecular weight is 275 g/mol. The third kappa shape index (κ3) is 3.36. The Morgan fingerprint density at radius 2 is 1.68 bits per heavy atom. The molecule has 0 heterocycles. The minimum absolute atomic E-state index is 0.0476. The number of carbonyl (C=O) groups is 1. The Balaban J connectivity index is 2.27. The van der Waals surface area contributed by atoms with E-state index in [1.54, 1.807) is 12.1 Å². The summed E-state index contributed by atoms with van der Waals surface area (Å²) in [6.45, 7) is 0. The van der Waals surface area contributed by atoms with Gasteiger partial charge in [-0.25, -0.2) is 4.79 Å². The Labute approximate surface area is 115 Å². The van der Waals surface area contributed by atoms with E-state index >= 15 is 0 Å². The zero-order valence-electron chi connectivity index (χ0n) is 9.88. The Bertz CT molecular complexity index is 630. The number of hydrogen-bond acceptors (Lipinski definition) is 2. The summed E-state index contributed by atoms with van der Waals surface area (Å²) >= 11 is 5.85. The molecular formula is C15H11ClO3. The lowest BCUT2D eigenvalue weighted by Gasteiger charge is -2.04. The SMILES string of the molecule is O=C(O)C=Cc1ccc(-c2ccc(O)c(Cl)c2)cc1. The van der Waals surface area contributed by atoms with Gasteiger partial charge in [0.1, 0.15) is 5.75 Å². The van der Waals surface area contributed by atoms with Crippen LogP contribution in [0.1, 0.15) is 5.56 Å². The summed E-state index contributed by atoms with van der Waals surface area (Å²) in [6, 6.07) is 12.3. The number of carboxylic acids is 1. The lowest BCUT2D eigenvalue weighted by Crippen LogP contribution is -1.85. The number of benzene rings is 2. The lowest BCUT2D eigenvalue weighted by atomic mass is 10.0. The van der Waals surface area contributed by atoms with Gasteiger partial charge in [0.15, 0.2) is 0 Å². The van der Waals surface area contributed by atoms with Gasteiger partial charge < -0.3 is 10.2 Å². The maximum Gasteiger partial charge on any atom is 0.328 e. The molecule has 19 heavy (non-hydrogen) atoms. The first-order chi connectivity index (χ1) is 9.06. The Kier molecular flexibility index (Phi) is 3.88. The van der Waals surface area contributed by atoms with E-state index in [-0.39, 0.29) is 5.75 Å². The van der Waals surface area contributed by atoms with E-state index in [2.05, 4.69) is 0 Å². The van der Waals surface area contributed by atoms with Gasteiger partial charge in [0.25, 0.3) is 0 Å². The number of carboxylic acid groups (broad SMARTS) is 1. The summed E-state index contributed by atoms with van der Waals surface area (Å²) in [7, 11) is 0. The van der Waals surface area contributed by atoms with Crippen LogP contribution in [0.3, 0.4) is 0 Å². The molecule has 0 spiro atoms. The molecule has 0 saturated heterocycles. The standard InChI is InChI=1S/C15H11ClO3/c16-13-9-12(6-7-14(13)17)11-4-1-10(2-5-11)3-8-15(18)19/h1-9,17H,(H,18,19). The highest BCUT2D eigenvalue weighted by Gasteiger charge is 2.02. The number of halogens is 1. The summed E-state index contributed by atoms with van der Waals surface area (Å²) in [5, 5.41) is 18.2. The molecule has 0 aliphatic carbocycles. The molecule has 0 saturated carbocycles. The van der Waals surface area contributed by atoms with E-state index in [0.717, 1.165) is 22.8 Å². The fraction of sp³-hybridized carbons (Fsp3) is 0. The molecule has 96 valence electrons. The van der Waals surface area contributed by atoms with Crippen molar-refractivity contribution in [1.29, 1.82) is 0 Å². The van der Waals surface area contributed by atoms with Crippen LogP contribution in [0.2, 0.25) is 5.02 Å². The predicted octanol–water partition coefficient (Wildman–Crippen LogP) is 3.81. The Hall–Kier alpha value is -2.26. The molecule has 3 nitrogen and oxygen atoms in total. The molecule has 2 rings (SSSR count). The zero-order valence-corrected chi connectivity index (χ0v) is 10.6. The molecule has 0 bridgehead atoms. The number of phenolic OH excluding ortho intramolecular Hbond substituents is 1. The van der Waals surface area contributed by atoms with Gasteiger partial charge in [-0.05, 0) is 34.9 Å². The normalized spacial score (nSPS) is 10.8. The van der Waals surface area contributed by atoms with Crippen LogP contribution >= 0.6 is 11.6 Å². The second-order valence-corrected chi connectivity index (χ2v) is 4.37. The molecule has 2 aromatic rings. The summed E-state index contributed by atoms with van der Waals surface area (Å²) in [5.74, 6) is -0.930. The minimum Gasteiger partial charge on any atom is -0.506 e. The van der Waals surface area contributed by atoms with Crippen LogP contribution in [0.15, 0.2) is 48.5 Å². The summed E-state index contributed by atoms with van der Waals surface area (Å²) < 4.78 is 0. The Morgan fingerprint density at radius 1 is 1.05 bits per heavy atom. The number of hydrogen-bond donors (Lipinski definition) is 2. The molecule has 0 atom stereocenters. The van der Waals surface area contributed by atoms with Gasteiger partial charge in [0, 0.05) is 6.08 Å². The number of rotatable bonds is 3. The summed E-state index contributed by atoms with van der Waals surface area (Å²) in [5.41, 5.74) is 2.63. The summed E-state index contributed by atoms with van der Waals surface area (Å²) in [4.78, 5) is 10.4. The van der Waals surface area contributed by atoms with Crippen molar-refractivity contribution in [2.75, 3.05) is 0 Å². The third-order valence-corrected chi connectivity index (χ3v) is 2.91. The van der Waals surface area contributed by atoms with Gasteiger partial charge in [-0.1, -0.05) is 41.9 Å². The van der Waals surface area contributed by atoms with E-state index in [0.29, 0.717) is 5.02 Å². The number of aromatic hydroxyl groups is 1. The second kappa shape index (κ2) is 5.59. The van der Waals surface area contributed by atoms with Gasteiger partial charge in [0.05, 0.1) is 5.02 Å². The van der Waals surface area contributed by atoms with E-state index < -0.39 is 5.97 Å². The predicted molar refractivity (Wildman–Crippen MR) is 75.2 cm³/mol. The van der Waals surface area contributed by atoms with Crippen LogP contribution in [-0.2, 0) is 4.79 Å². The zero-order chi connectivity index (χ0) is 13.8. The second-order valence-electron chi connectivity index (χ2n) is 3.96. The van der Waals surface area contributed by atoms with E-state index in [1.807, 2.05) is 24.3 Å². The fourth-order valence-electron chi connectivity index (χ4n) is 1.64.